The van der Waals surface area contributed by atoms with Gasteiger partial charge in [0.2, 0.25) is 5.91 Å². The van der Waals surface area contributed by atoms with Gasteiger partial charge in [0, 0.05) is 37.5 Å². The Balaban J connectivity index is 1.49. The summed E-state index contributed by atoms with van der Waals surface area (Å²) in [5.74, 6) is 0.707. The third-order valence-corrected chi connectivity index (χ3v) is 5.62. The molecule has 1 amide bonds. The van der Waals surface area contributed by atoms with E-state index in [9.17, 15) is 9.59 Å². The lowest BCUT2D eigenvalue weighted by Crippen LogP contribution is -2.42. The number of nitrogens with two attached hydrogens (primary N) is 1. The van der Waals surface area contributed by atoms with Gasteiger partial charge in [0.25, 0.3) is 0 Å². The number of likely N-dealkylation sites (tertiary alicyclic amines) is 1. The van der Waals surface area contributed by atoms with Crippen molar-refractivity contribution >= 4 is 11.7 Å². The number of aryl methyl sites for hydroxylation is 2. The number of carbonyl (C=O) groups excluding carboxylic acids is 2. The van der Waals surface area contributed by atoms with E-state index in [2.05, 4.69) is 6.07 Å². The van der Waals surface area contributed by atoms with Gasteiger partial charge in [0.05, 0.1) is 0 Å². The molecule has 0 radical (unpaired) electrons. The third kappa shape index (κ3) is 3.86. The van der Waals surface area contributed by atoms with E-state index in [1.165, 1.54) is 17.5 Å². The van der Waals surface area contributed by atoms with Crippen molar-refractivity contribution in [3.63, 3.8) is 0 Å². The molecule has 2 aliphatic rings. The quantitative estimate of drug-likeness (QED) is 0.845. The minimum Gasteiger partial charge on any atom is -0.343 e. The van der Waals surface area contributed by atoms with Gasteiger partial charge in [-0.05, 0) is 62.1 Å². The minimum absolute atomic E-state index is 0.0866. The molecule has 1 fully saturated rings. The van der Waals surface area contributed by atoms with Crippen molar-refractivity contribution in [2.45, 2.75) is 57.9 Å². The molecule has 2 N–H and O–H groups in total. The molecule has 1 unspecified atom stereocenters. The zero-order valence-corrected chi connectivity index (χ0v) is 14.6. The highest BCUT2D eigenvalue weighted by Crippen LogP contribution is 2.24. The van der Waals surface area contributed by atoms with Gasteiger partial charge in [-0.1, -0.05) is 12.1 Å². The van der Waals surface area contributed by atoms with Crippen LogP contribution in [0.25, 0.3) is 0 Å². The first-order valence-corrected chi connectivity index (χ1v) is 9.23. The number of Topliss-reactive ketones (excluding diaryl/α,β-unsaturated/α-hetero) is 1. The van der Waals surface area contributed by atoms with Crippen LogP contribution in [0.15, 0.2) is 18.2 Å². The van der Waals surface area contributed by atoms with Gasteiger partial charge in [-0.3, -0.25) is 9.59 Å². The molecule has 3 rings (SSSR count). The molecular formula is C20H28N2O2. The fourth-order valence-electron chi connectivity index (χ4n) is 3.94. The predicted molar refractivity (Wildman–Crippen MR) is 95.0 cm³/mol. The molecule has 0 spiro atoms. The Kier molecular flexibility index (Phi) is 5.34. The third-order valence-electron chi connectivity index (χ3n) is 5.62. The summed E-state index contributed by atoms with van der Waals surface area (Å²) >= 11 is 0. The summed E-state index contributed by atoms with van der Waals surface area (Å²) in [4.78, 5) is 26.6. The molecule has 1 aliphatic heterocycles. The zero-order chi connectivity index (χ0) is 17.1. The molecule has 130 valence electrons. The lowest BCUT2D eigenvalue weighted by Gasteiger charge is -2.33. The normalized spacial score (nSPS) is 19.2. The molecule has 1 aliphatic carbocycles. The average Bonchev–Trinajstić information content (AvgIpc) is 3.07. The molecular weight excluding hydrogens is 300 g/mol. The Hall–Kier alpha value is -1.68. The lowest BCUT2D eigenvalue weighted by atomic mass is 9.91. The smallest absolute Gasteiger partial charge is 0.223 e. The highest BCUT2D eigenvalue weighted by Gasteiger charge is 2.25. The zero-order valence-electron chi connectivity index (χ0n) is 14.6. The molecule has 4 heteroatoms. The summed E-state index contributed by atoms with van der Waals surface area (Å²) in [5, 5.41) is 0. The second-order valence-corrected chi connectivity index (χ2v) is 7.34. The molecule has 24 heavy (non-hydrogen) atoms. The van der Waals surface area contributed by atoms with Crippen LogP contribution in [0.5, 0.6) is 0 Å². The Bertz CT molecular complexity index is 616. The van der Waals surface area contributed by atoms with E-state index in [-0.39, 0.29) is 17.7 Å². The van der Waals surface area contributed by atoms with Crippen LogP contribution < -0.4 is 5.73 Å². The number of fused-ring (bicyclic) bond motifs is 1. The van der Waals surface area contributed by atoms with Crippen molar-refractivity contribution in [3.05, 3.63) is 34.9 Å². The maximum Gasteiger partial charge on any atom is 0.223 e. The van der Waals surface area contributed by atoms with Crippen LogP contribution in [0.3, 0.4) is 0 Å². The molecule has 4 nitrogen and oxygen atoms in total. The fraction of sp³-hybridized carbons (Fsp3) is 0.600. The molecule has 0 saturated carbocycles. The number of rotatable bonds is 5. The minimum atomic E-state index is 0.0866. The standard InChI is InChI=1S/C20H28N2O2/c1-14(21)15-9-11-22(12-10-15)20(24)8-7-19(23)18-6-5-16-3-2-4-17(16)13-18/h5-6,13-15H,2-4,7-12,21H2,1H3. The van der Waals surface area contributed by atoms with Gasteiger partial charge in [0.1, 0.15) is 0 Å². The lowest BCUT2D eigenvalue weighted by molar-refractivity contribution is -0.132. The second-order valence-electron chi connectivity index (χ2n) is 7.34. The molecule has 1 aromatic carbocycles. The number of carbonyl (C=O) groups is 2. The summed E-state index contributed by atoms with van der Waals surface area (Å²) in [5.41, 5.74) is 9.39. The van der Waals surface area contributed by atoms with Gasteiger partial charge < -0.3 is 10.6 Å². The van der Waals surface area contributed by atoms with E-state index < -0.39 is 0 Å². The summed E-state index contributed by atoms with van der Waals surface area (Å²) < 4.78 is 0. The molecule has 1 aromatic rings. The van der Waals surface area contributed by atoms with Crippen molar-refractivity contribution in [1.82, 2.24) is 4.90 Å². The first kappa shape index (κ1) is 17.2. The van der Waals surface area contributed by atoms with Crippen molar-refractivity contribution in [1.29, 1.82) is 0 Å². The van der Waals surface area contributed by atoms with E-state index in [4.69, 9.17) is 5.73 Å². The van der Waals surface area contributed by atoms with Crippen molar-refractivity contribution < 1.29 is 9.59 Å². The highest BCUT2D eigenvalue weighted by atomic mass is 16.2. The van der Waals surface area contributed by atoms with Crippen LogP contribution in [0.1, 0.15) is 60.5 Å². The van der Waals surface area contributed by atoms with Crippen molar-refractivity contribution in [2.75, 3.05) is 13.1 Å². The number of nitrogens with zero attached hydrogens (tertiary/aromatic N) is 1. The van der Waals surface area contributed by atoms with Crippen LogP contribution in [0.2, 0.25) is 0 Å². The van der Waals surface area contributed by atoms with Gasteiger partial charge >= 0.3 is 0 Å². The van der Waals surface area contributed by atoms with Crippen molar-refractivity contribution in [2.24, 2.45) is 11.7 Å². The second kappa shape index (κ2) is 7.47. The van der Waals surface area contributed by atoms with Crippen LogP contribution in [0.4, 0.5) is 0 Å². The Labute approximate surface area is 144 Å². The van der Waals surface area contributed by atoms with Gasteiger partial charge in [0.15, 0.2) is 5.78 Å². The summed E-state index contributed by atoms with van der Waals surface area (Å²) in [6.07, 6.45) is 5.96. The van der Waals surface area contributed by atoms with Crippen LogP contribution in [-0.2, 0) is 17.6 Å². The molecule has 1 heterocycles. The number of piperidine rings is 1. The van der Waals surface area contributed by atoms with Gasteiger partial charge in [-0.2, -0.15) is 0 Å². The molecule has 1 atom stereocenters. The summed E-state index contributed by atoms with van der Waals surface area (Å²) in [6, 6.07) is 6.23. The average molecular weight is 328 g/mol. The van der Waals surface area contributed by atoms with E-state index in [0.717, 1.165) is 44.3 Å². The maximum atomic E-state index is 12.4. The van der Waals surface area contributed by atoms with E-state index in [0.29, 0.717) is 18.8 Å². The Morgan fingerprint density at radius 1 is 1.17 bits per heavy atom. The SMILES string of the molecule is CC(N)C1CCN(C(=O)CCC(=O)c2ccc3c(c2)CCC3)CC1. The first-order valence-electron chi connectivity index (χ1n) is 9.23. The van der Waals surface area contributed by atoms with E-state index in [1.54, 1.807) is 0 Å². The van der Waals surface area contributed by atoms with Gasteiger partial charge in [-0.25, -0.2) is 0 Å². The van der Waals surface area contributed by atoms with E-state index >= 15 is 0 Å². The summed E-state index contributed by atoms with van der Waals surface area (Å²) in [6.45, 7) is 3.59. The monoisotopic (exact) mass is 328 g/mol. The fourth-order valence-corrected chi connectivity index (χ4v) is 3.94. The largest absolute Gasteiger partial charge is 0.343 e. The molecule has 0 aromatic heterocycles. The Morgan fingerprint density at radius 3 is 2.58 bits per heavy atom. The molecule has 1 saturated heterocycles. The number of hydrogen-bond donors (Lipinski definition) is 1. The van der Waals surface area contributed by atoms with Gasteiger partial charge in [-0.15, -0.1) is 0 Å². The molecule has 0 bridgehead atoms. The van der Waals surface area contributed by atoms with Crippen LogP contribution >= 0.6 is 0 Å². The maximum absolute atomic E-state index is 12.4. The van der Waals surface area contributed by atoms with Crippen LogP contribution in [-0.4, -0.2) is 35.7 Å². The topological polar surface area (TPSA) is 63.4 Å². The number of hydrogen-bond acceptors (Lipinski definition) is 3. The number of amides is 1. The Morgan fingerprint density at radius 2 is 1.88 bits per heavy atom. The number of ketones is 1. The first-order chi connectivity index (χ1) is 11.5. The van der Waals surface area contributed by atoms with E-state index in [1.807, 2.05) is 24.0 Å². The van der Waals surface area contributed by atoms with Crippen molar-refractivity contribution in [3.8, 4) is 0 Å². The predicted octanol–water partition coefficient (Wildman–Crippen LogP) is 2.72. The number of benzene rings is 1. The summed E-state index contributed by atoms with van der Waals surface area (Å²) in [7, 11) is 0. The van der Waals surface area contributed by atoms with Crippen LogP contribution in [0, 0.1) is 5.92 Å². The highest BCUT2D eigenvalue weighted by molar-refractivity contribution is 5.98.